The molecule has 0 saturated carbocycles. The van der Waals surface area contributed by atoms with Gasteiger partial charge in [-0.15, -0.1) is 0 Å². The summed E-state index contributed by atoms with van der Waals surface area (Å²) in [5, 5.41) is 3.13. The fourth-order valence-electron chi connectivity index (χ4n) is 1.92. The van der Waals surface area contributed by atoms with Crippen LogP contribution in [0.15, 0.2) is 18.2 Å². The Bertz CT molecular complexity index is 462. The van der Waals surface area contributed by atoms with Crippen LogP contribution in [0.25, 0.3) is 0 Å². The Kier molecular flexibility index (Phi) is 4.16. The molecule has 1 heterocycles. The fraction of sp³-hybridized carbons (Fsp3) is 0.417. The van der Waals surface area contributed by atoms with Gasteiger partial charge in [0, 0.05) is 31.7 Å². The van der Waals surface area contributed by atoms with E-state index in [1.54, 1.807) is 4.90 Å². The van der Waals surface area contributed by atoms with Gasteiger partial charge < -0.3 is 20.7 Å². The molecule has 19 heavy (non-hydrogen) atoms. The molecule has 5 nitrogen and oxygen atoms in total. The molecular formula is C12H15F2N3O2. The minimum atomic E-state index is -2.97. The number of nitrogens with two attached hydrogens (primary N) is 1. The molecule has 0 bridgehead atoms. The highest BCUT2D eigenvalue weighted by Gasteiger charge is 2.19. The average molecular weight is 271 g/mol. The van der Waals surface area contributed by atoms with Crippen molar-refractivity contribution in [3.8, 4) is 5.75 Å². The van der Waals surface area contributed by atoms with Crippen molar-refractivity contribution in [2.75, 3.05) is 31.9 Å². The normalized spacial score (nSPS) is 15.6. The zero-order chi connectivity index (χ0) is 13.8. The summed E-state index contributed by atoms with van der Waals surface area (Å²) < 4.78 is 28.7. The number of nitrogen functional groups attached to an aromatic ring is 1. The van der Waals surface area contributed by atoms with Crippen molar-refractivity contribution in [2.45, 2.75) is 6.61 Å². The molecule has 0 aliphatic carbocycles. The second-order valence-corrected chi connectivity index (χ2v) is 4.17. The third kappa shape index (κ3) is 3.31. The lowest BCUT2D eigenvalue weighted by Crippen LogP contribution is -2.46. The van der Waals surface area contributed by atoms with Crippen LogP contribution in [0.2, 0.25) is 0 Å². The lowest BCUT2D eigenvalue weighted by atomic mass is 10.1. The fourth-order valence-corrected chi connectivity index (χ4v) is 1.92. The number of benzene rings is 1. The number of ether oxygens (including phenoxy) is 1. The summed E-state index contributed by atoms with van der Waals surface area (Å²) in [7, 11) is 0. The van der Waals surface area contributed by atoms with Gasteiger partial charge in [0.05, 0.1) is 5.69 Å². The van der Waals surface area contributed by atoms with Crippen LogP contribution in [-0.2, 0) is 0 Å². The summed E-state index contributed by atoms with van der Waals surface area (Å²) in [5.41, 5.74) is 5.90. The number of piperazine rings is 1. The number of amides is 1. The first-order valence-electron chi connectivity index (χ1n) is 5.92. The molecule has 1 aliphatic rings. The van der Waals surface area contributed by atoms with Gasteiger partial charge in [-0.3, -0.25) is 4.79 Å². The highest BCUT2D eigenvalue weighted by atomic mass is 19.3. The second kappa shape index (κ2) is 5.83. The van der Waals surface area contributed by atoms with Crippen molar-refractivity contribution < 1.29 is 18.3 Å². The Labute approximate surface area is 109 Å². The first kappa shape index (κ1) is 13.5. The third-order valence-corrected chi connectivity index (χ3v) is 2.88. The van der Waals surface area contributed by atoms with Crippen molar-refractivity contribution in [3.05, 3.63) is 23.8 Å². The number of hydrogen-bond donors (Lipinski definition) is 2. The van der Waals surface area contributed by atoms with E-state index in [1.807, 2.05) is 0 Å². The number of hydrogen-bond acceptors (Lipinski definition) is 4. The highest BCUT2D eigenvalue weighted by Crippen LogP contribution is 2.25. The van der Waals surface area contributed by atoms with E-state index in [9.17, 15) is 13.6 Å². The number of carbonyl (C=O) groups excluding carboxylic acids is 1. The molecule has 0 aromatic heterocycles. The van der Waals surface area contributed by atoms with Crippen LogP contribution in [0, 0.1) is 0 Å². The third-order valence-electron chi connectivity index (χ3n) is 2.88. The first-order valence-corrected chi connectivity index (χ1v) is 5.92. The maximum atomic E-state index is 12.2. The van der Waals surface area contributed by atoms with E-state index in [-0.39, 0.29) is 17.3 Å². The van der Waals surface area contributed by atoms with Gasteiger partial charge in [0.1, 0.15) is 5.75 Å². The molecule has 7 heteroatoms. The van der Waals surface area contributed by atoms with Gasteiger partial charge in [0.2, 0.25) is 0 Å². The standard InChI is InChI=1S/C12H15F2N3O2/c13-12(14)19-10-7-8(1-2-9(10)15)11(18)17-5-3-16-4-6-17/h1-2,7,12,16H,3-6,15H2. The van der Waals surface area contributed by atoms with E-state index in [0.717, 1.165) is 13.1 Å². The van der Waals surface area contributed by atoms with E-state index >= 15 is 0 Å². The summed E-state index contributed by atoms with van der Waals surface area (Å²) in [6, 6.07) is 4.16. The zero-order valence-electron chi connectivity index (χ0n) is 10.2. The van der Waals surface area contributed by atoms with Crippen LogP contribution >= 0.6 is 0 Å². The number of rotatable bonds is 3. The first-order chi connectivity index (χ1) is 9.08. The number of nitrogens with zero attached hydrogens (tertiary/aromatic N) is 1. The molecule has 0 spiro atoms. The van der Waals surface area contributed by atoms with Gasteiger partial charge in [0.15, 0.2) is 0 Å². The second-order valence-electron chi connectivity index (χ2n) is 4.17. The summed E-state index contributed by atoms with van der Waals surface area (Å²) in [6.07, 6.45) is 0. The van der Waals surface area contributed by atoms with Crippen LogP contribution in [0.1, 0.15) is 10.4 Å². The maximum Gasteiger partial charge on any atom is 0.387 e. The molecule has 0 unspecified atom stereocenters. The monoisotopic (exact) mass is 271 g/mol. The highest BCUT2D eigenvalue weighted by molar-refractivity contribution is 5.95. The summed E-state index contributed by atoms with van der Waals surface area (Å²) in [6.45, 7) is -0.336. The average Bonchev–Trinajstić information content (AvgIpc) is 2.41. The van der Waals surface area contributed by atoms with Gasteiger partial charge in [-0.05, 0) is 18.2 Å². The summed E-state index contributed by atoms with van der Waals surface area (Å²) >= 11 is 0. The molecule has 0 atom stereocenters. The summed E-state index contributed by atoms with van der Waals surface area (Å²) in [5.74, 6) is -0.378. The molecule has 1 amide bonds. The van der Waals surface area contributed by atoms with Crippen molar-refractivity contribution >= 4 is 11.6 Å². The zero-order valence-corrected chi connectivity index (χ0v) is 10.2. The van der Waals surface area contributed by atoms with Crippen molar-refractivity contribution in [3.63, 3.8) is 0 Å². The van der Waals surface area contributed by atoms with E-state index in [1.165, 1.54) is 18.2 Å². The lowest BCUT2D eigenvalue weighted by molar-refractivity contribution is -0.0493. The lowest BCUT2D eigenvalue weighted by Gasteiger charge is -2.27. The molecule has 1 aliphatic heterocycles. The molecule has 1 fully saturated rings. The number of anilines is 1. The van der Waals surface area contributed by atoms with E-state index < -0.39 is 6.61 Å². The van der Waals surface area contributed by atoms with Gasteiger partial charge in [-0.2, -0.15) is 8.78 Å². The Hall–Kier alpha value is -1.89. The minimum Gasteiger partial charge on any atom is -0.433 e. The number of alkyl halides is 2. The predicted molar refractivity (Wildman–Crippen MR) is 66.3 cm³/mol. The number of halogens is 2. The van der Waals surface area contributed by atoms with Crippen LogP contribution in [-0.4, -0.2) is 43.6 Å². The van der Waals surface area contributed by atoms with Crippen LogP contribution in [0.4, 0.5) is 14.5 Å². The Morgan fingerprint density at radius 1 is 1.37 bits per heavy atom. The number of nitrogens with one attached hydrogen (secondary N) is 1. The molecule has 3 N–H and O–H groups in total. The Balaban J connectivity index is 2.17. The van der Waals surface area contributed by atoms with Crippen molar-refractivity contribution in [1.82, 2.24) is 10.2 Å². The summed E-state index contributed by atoms with van der Waals surface area (Å²) in [4.78, 5) is 13.8. The SMILES string of the molecule is Nc1ccc(C(=O)N2CCNCC2)cc1OC(F)F. The number of carbonyl (C=O) groups is 1. The van der Waals surface area contributed by atoms with Gasteiger partial charge in [-0.25, -0.2) is 0 Å². The van der Waals surface area contributed by atoms with E-state index in [4.69, 9.17) is 5.73 Å². The topological polar surface area (TPSA) is 67.6 Å². The predicted octanol–water partition coefficient (Wildman–Crippen LogP) is 0.916. The molecule has 1 aromatic carbocycles. The molecular weight excluding hydrogens is 256 g/mol. The molecule has 1 aromatic rings. The smallest absolute Gasteiger partial charge is 0.387 e. The van der Waals surface area contributed by atoms with Crippen molar-refractivity contribution in [1.29, 1.82) is 0 Å². The van der Waals surface area contributed by atoms with E-state index in [2.05, 4.69) is 10.1 Å². The van der Waals surface area contributed by atoms with Crippen LogP contribution in [0.5, 0.6) is 5.75 Å². The molecule has 0 radical (unpaired) electrons. The Morgan fingerprint density at radius 2 is 2.05 bits per heavy atom. The Morgan fingerprint density at radius 3 is 2.68 bits per heavy atom. The largest absolute Gasteiger partial charge is 0.433 e. The van der Waals surface area contributed by atoms with Crippen molar-refractivity contribution in [2.24, 2.45) is 0 Å². The van der Waals surface area contributed by atoms with E-state index in [0.29, 0.717) is 18.7 Å². The molecule has 2 rings (SSSR count). The molecule has 104 valence electrons. The van der Waals surface area contributed by atoms with Gasteiger partial charge >= 0.3 is 6.61 Å². The quantitative estimate of drug-likeness (QED) is 0.802. The molecule has 1 saturated heterocycles. The minimum absolute atomic E-state index is 0.0807. The van der Waals surface area contributed by atoms with Crippen LogP contribution in [0.3, 0.4) is 0 Å². The van der Waals surface area contributed by atoms with Crippen LogP contribution < -0.4 is 15.8 Å². The van der Waals surface area contributed by atoms with Gasteiger partial charge in [-0.1, -0.05) is 0 Å². The van der Waals surface area contributed by atoms with Gasteiger partial charge in [0.25, 0.3) is 5.91 Å². The maximum absolute atomic E-state index is 12.2.